The monoisotopic (exact) mass is 387 g/mol. The zero-order chi connectivity index (χ0) is 20.8. The van der Waals surface area contributed by atoms with Crippen LogP contribution in [-0.4, -0.2) is 28.7 Å². The highest BCUT2D eigenvalue weighted by atomic mass is 16.2. The summed E-state index contributed by atoms with van der Waals surface area (Å²) in [4.78, 5) is 31.2. The Morgan fingerprint density at radius 3 is 2.34 bits per heavy atom. The third kappa shape index (κ3) is 5.08. The standard InChI is InChI=1S/C24H25N3O2/c1-17(2)21-11-7-8-12-22(21)26-23(28)19-13-20(15-25-14-19)24(29)27(3)16-18-9-5-4-6-10-18/h4-15,17H,16H2,1-3H3,(H,26,28). The highest BCUT2D eigenvalue weighted by molar-refractivity contribution is 6.06. The van der Waals surface area contributed by atoms with Crippen LogP contribution in [0.4, 0.5) is 5.69 Å². The number of nitrogens with zero attached hydrogens (tertiary/aromatic N) is 2. The van der Waals surface area contributed by atoms with Gasteiger partial charge in [-0.2, -0.15) is 0 Å². The number of nitrogens with one attached hydrogen (secondary N) is 1. The van der Waals surface area contributed by atoms with Gasteiger partial charge in [-0.15, -0.1) is 0 Å². The van der Waals surface area contributed by atoms with E-state index in [1.165, 1.54) is 12.4 Å². The maximum absolute atomic E-state index is 12.8. The Kier molecular flexibility index (Phi) is 6.39. The first kappa shape index (κ1) is 20.3. The van der Waals surface area contributed by atoms with Crippen LogP contribution in [0.15, 0.2) is 73.1 Å². The molecule has 3 rings (SSSR count). The van der Waals surface area contributed by atoms with E-state index in [1.807, 2.05) is 54.6 Å². The van der Waals surface area contributed by atoms with Crippen LogP contribution in [0.5, 0.6) is 0 Å². The van der Waals surface area contributed by atoms with Crippen LogP contribution in [-0.2, 0) is 6.54 Å². The van der Waals surface area contributed by atoms with Crippen molar-refractivity contribution in [2.45, 2.75) is 26.3 Å². The molecule has 1 heterocycles. The van der Waals surface area contributed by atoms with Gasteiger partial charge >= 0.3 is 0 Å². The molecule has 0 atom stereocenters. The van der Waals surface area contributed by atoms with Gasteiger partial charge in [0.2, 0.25) is 0 Å². The number of rotatable bonds is 6. The molecule has 0 fully saturated rings. The number of hydrogen-bond acceptors (Lipinski definition) is 3. The van der Waals surface area contributed by atoms with Crippen molar-refractivity contribution >= 4 is 17.5 Å². The van der Waals surface area contributed by atoms with E-state index >= 15 is 0 Å². The Labute approximate surface area is 171 Å². The zero-order valence-electron chi connectivity index (χ0n) is 16.9. The fourth-order valence-electron chi connectivity index (χ4n) is 3.14. The van der Waals surface area contributed by atoms with Crippen molar-refractivity contribution in [2.24, 2.45) is 0 Å². The minimum absolute atomic E-state index is 0.182. The van der Waals surface area contributed by atoms with Gasteiger partial charge in [-0.1, -0.05) is 62.4 Å². The van der Waals surface area contributed by atoms with E-state index in [9.17, 15) is 9.59 Å². The van der Waals surface area contributed by atoms with Crippen molar-refractivity contribution in [3.8, 4) is 0 Å². The number of para-hydroxylation sites is 1. The third-order valence-corrected chi connectivity index (χ3v) is 4.69. The minimum Gasteiger partial charge on any atom is -0.337 e. The minimum atomic E-state index is -0.286. The maximum Gasteiger partial charge on any atom is 0.257 e. The summed E-state index contributed by atoms with van der Waals surface area (Å²) in [5, 5.41) is 2.94. The molecule has 3 aromatic rings. The van der Waals surface area contributed by atoms with Gasteiger partial charge < -0.3 is 10.2 Å². The first-order valence-corrected chi connectivity index (χ1v) is 9.60. The molecule has 2 amide bonds. The summed E-state index contributed by atoms with van der Waals surface area (Å²) in [5.74, 6) is -0.186. The highest BCUT2D eigenvalue weighted by Crippen LogP contribution is 2.24. The summed E-state index contributed by atoms with van der Waals surface area (Å²) in [6, 6.07) is 19.1. The van der Waals surface area contributed by atoms with E-state index in [0.29, 0.717) is 17.7 Å². The molecule has 0 spiro atoms. The van der Waals surface area contributed by atoms with Crippen molar-refractivity contribution in [3.63, 3.8) is 0 Å². The van der Waals surface area contributed by atoms with Crippen molar-refractivity contribution in [1.29, 1.82) is 0 Å². The average molecular weight is 387 g/mol. The molecule has 1 aromatic heterocycles. The number of carbonyl (C=O) groups excluding carboxylic acids is 2. The summed E-state index contributed by atoms with van der Waals surface area (Å²) >= 11 is 0. The Balaban J connectivity index is 1.75. The summed E-state index contributed by atoms with van der Waals surface area (Å²) in [5.41, 5.74) is 3.60. The van der Waals surface area contributed by atoms with Crippen molar-refractivity contribution < 1.29 is 9.59 Å². The number of amides is 2. The van der Waals surface area contributed by atoms with E-state index < -0.39 is 0 Å². The SMILES string of the molecule is CC(C)c1ccccc1NC(=O)c1cncc(C(=O)N(C)Cc2ccccc2)c1. The predicted molar refractivity (Wildman–Crippen MR) is 115 cm³/mol. The number of anilines is 1. The number of benzene rings is 2. The highest BCUT2D eigenvalue weighted by Gasteiger charge is 2.16. The lowest BCUT2D eigenvalue weighted by Crippen LogP contribution is -2.26. The summed E-state index contributed by atoms with van der Waals surface area (Å²) in [6.45, 7) is 4.64. The number of pyridine rings is 1. The lowest BCUT2D eigenvalue weighted by molar-refractivity contribution is 0.0784. The van der Waals surface area contributed by atoms with Gasteiger partial charge in [-0.05, 0) is 29.2 Å². The lowest BCUT2D eigenvalue weighted by Gasteiger charge is -2.17. The van der Waals surface area contributed by atoms with Gasteiger partial charge in [0.05, 0.1) is 11.1 Å². The molecular formula is C24H25N3O2. The van der Waals surface area contributed by atoms with E-state index in [4.69, 9.17) is 0 Å². The van der Waals surface area contributed by atoms with Crippen LogP contribution in [0.1, 0.15) is 51.6 Å². The fraction of sp³-hybridized carbons (Fsp3) is 0.208. The Morgan fingerprint density at radius 1 is 0.966 bits per heavy atom. The molecule has 29 heavy (non-hydrogen) atoms. The quantitative estimate of drug-likeness (QED) is 0.665. The van der Waals surface area contributed by atoms with Crippen LogP contribution in [0.25, 0.3) is 0 Å². The number of carbonyl (C=O) groups is 2. The largest absolute Gasteiger partial charge is 0.337 e. The molecule has 0 aliphatic rings. The molecule has 5 heteroatoms. The molecule has 1 N–H and O–H groups in total. The summed E-state index contributed by atoms with van der Waals surface area (Å²) in [7, 11) is 1.74. The van der Waals surface area contributed by atoms with E-state index in [1.54, 1.807) is 18.0 Å². The fourth-order valence-corrected chi connectivity index (χ4v) is 3.14. The predicted octanol–water partition coefficient (Wildman–Crippen LogP) is 4.73. The van der Waals surface area contributed by atoms with Crippen LogP contribution >= 0.6 is 0 Å². The number of aromatic nitrogens is 1. The maximum atomic E-state index is 12.8. The molecule has 2 aromatic carbocycles. The molecule has 0 unspecified atom stereocenters. The Morgan fingerprint density at radius 2 is 1.62 bits per heavy atom. The smallest absolute Gasteiger partial charge is 0.257 e. The average Bonchev–Trinajstić information content (AvgIpc) is 2.74. The second-order valence-corrected chi connectivity index (χ2v) is 7.31. The van der Waals surface area contributed by atoms with Crippen LogP contribution in [0.3, 0.4) is 0 Å². The first-order chi connectivity index (χ1) is 14.0. The molecule has 148 valence electrons. The number of hydrogen-bond donors (Lipinski definition) is 1. The second-order valence-electron chi connectivity index (χ2n) is 7.31. The van der Waals surface area contributed by atoms with Crippen molar-refractivity contribution in [2.75, 3.05) is 12.4 Å². The zero-order valence-corrected chi connectivity index (χ0v) is 16.9. The van der Waals surface area contributed by atoms with Gasteiger partial charge in [-0.25, -0.2) is 0 Å². The Bertz CT molecular complexity index is 1000. The topological polar surface area (TPSA) is 62.3 Å². The van der Waals surface area contributed by atoms with Gasteiger partial charge in [0, 0.05) is 31.7 Å². The van der Waals surface area contributed by atoms with Gasteiger partial charge in [-0.3, -0.25) is 14.6 Å². The van der Waals surface area contributed by atoms with Crippen molar-refractivity contribution in [1.82, 2.24) is 9.88 Å². The summed E-state index contributed by atoms with van der Waals surface area (Å²) < 4.78 is 0. The van der Waals surface area contributed by atoms with Crippen LogP contribution < -0.4 is 5.32 Å². The molecule has 5 nitrogen and oxygen atoms in total. The van der Waals surface area contributed by atoms with Gasteiger partial charge in [0.25, 0.3) is 11.8 Å². The van der Waals surface area contributed by atoms with Crippen LogP contribution in [0.2, 0.25) is 0 Å². The molecular weight excluding hydrogens is 362 g/mol. The Hall–Kier alpha value is -3.47. The lowest BCUT2D eigenvalue weighted by atomic mass is 10.0. The van der Waals surface area contributed by atoms with E-state index in [2.05, 4.69) is 24.1 Å². The summed E-state index contributed by atoms with van der Waals surface area (Å²) in [6.07, 6.45) is 2.96. The molecule has 0 saturated heterocycles. The van der Waals surface area contributed by atoms with Crippen LogP contribution in [0, 0.1) is 0 Å². The molecule has 0 saturated carbocycles. The van der Waals surface area contributed by atoms with E-state index in [0.717, 1.165) is 16.8 Å². The van der Waals surface area contributed by atoms with E-state index in [-0.39, 0.29) is 17.7 Å². The molecule has 0 radical (unpaired) electrons. The van der Waals surface area contributed by atoms with Gasteiger partial charge in [0.15, 0.2) is 0 Å². The van der Waals surface area contributed by atoms with Gasteiger partial charge in [0.1, 0.15) is 0 Å². The normalized spacial score (nSPS) is 10.6. The second kappa shape index (κ2) is 9.15. The molecule has 0 aliphatic heterocycles. The first-order valence-electron chi connectivity index (χ1n) is 9.60. The molecule has 0 bridgehead atoms. The van der Waals surface area contributed by atoms with Crippen molar-refractivity contribution in [3.05, 3.63) is 95.3 Å². The third-order valence-electron chi connectivity index (χ3n) is 4.69. The molecule has 0 aliphatic carbocycles.